The summed E-state index contributed by atoms with van der Waals surface area (Å²) >= 11 is 0. The first-order valence-electron chi connectivity index (χ1n) is 9.08. The van der Waals surface area contributed by atoms with Gasteiger partial charge >= 0.3 is 5.97 Å². The summed E-state index contributed by atoms with van der Waals surface area (Å²) in [4.78, 5) is 16.2. The Morgan fingerprint density at radius 2 is 1.89 bits per heavy atom. The van der Waals surface area contributed by atoms with Gasteiger partial charge in [-0.2, -0.15) is 0 Å². The molecule has 1 aromatic heterocycles. The molecule has 0 fully saturated rings. The van der Waals surface area contributed by atoms with E-state index in [9.17, 15) is 9.90 Å². The maximum Gasteiger partial charge on any atom is 0.343 e. The lowest BCUT2D eigenvalue weighted by atomic mass is 10.1. The molecule has 1 aliphatic rings. The second-order valence-corrected chi connectivity index (χ2v) is 6.53. The molecule has 0 unspecified atom stereocenters. The highest BCUT2D eigenvalue weighted by Gasteiger charge is 2.27. The van der Waals surface area contributed by atoms with Crippen molar-refractivity contribution in [2.75, 3.05) is 13.7 Å². The molecule has 3 rings (SSSR count). The third-order valence-corrected chi connectivity index (χ3v) is 4.69. The molecule has 0 radical (unpaired) electrons. The normalized spacial score (nSPS) is 15.2. The third kappa shape index (κ3) is 3.45. The number of carbonyl (C=O) groups excluding carboxylic acids is 1. The zero-order chi connectivity index (χ0) is 20.4. The Bertz CT molecular complexity index is 1010. The Kier molecular flexibility index (Phi) is 5.40. The monoisotopic (exact) mass is 380 g/mol. The van der Waals surface area contributed by atoms with Crippen LogP contribution in [0, 0.1) is 13.8 Å². The SMILES string of the molecule is CCOc1ccc(-n2c(C)cc(C=C3N=C(C)C(C(=O)OC)=C3O)c2C)cc1. The van der Waals surface area contributed by atoms with Gasteiger partial charge in [0.2, 0.25) is 0 Å². The van der Waals surface area contributed by atoms with Gasteiger partial charge in [-0.05, 0) is 69.7 Å². The van der Waals surface area contributed by atoms with Crippen molar-refractivity contribution >= 4 is 17.8 Å². The van der Waals surface area contributed by atoms with Gasteiger partial charge in [0.15, 0.2) is 5.76 Å². The highest BCUT2D eigenvalue weighted by Crippen LogP contribution is 2.29. The molecule has 146 valence electrons. The van der Waals surface area contributed by atoms with Crippen LogP contribution in [0.1, 0.15) is 30.8 Å². The molecule has 0 spiro atoms. The van der Waals surface area contributed by atoms with E-state index in [2.05, 4.69) is 9.56 Å². The van der Waals surface area contributed by atoms with E-state index < -0.39 is 5.97 Å². The number of carbonyl (C=O) groups is 1. The molecule has 6 heteroatoms. The smallest absolute Gasteiger partial charge is 0.343 e. The standard InChI is InChI=1S/C22H24N2O4/c1-6-28-18-9-7-17(8-10-18)24-13(2)11-16(15(24)4)12-19-21(25)20(14(3)23-19)22(26)27-5/h7-12,25H,6H2,1-5H3. The van der Waals surface area contributed by atoms with Crippen LogP contribution in [0.15, 0.2) is 52.4 Å². The van der Waals surface area contributed by atoms with Gasteiger partial charge in [-0.1, -0.05) is 0 Å². The Labute approximate surface area is 164 Å². The molecule has 1 aliphatic heterocycles. The summed E-state index contributed by atoms with van der Waals surface area (Å²) in [6.07, 6.45) is 1.78. The van der Waals surface area contributed by atoms with Crippen LogP contribution in [0.5, 0.6) is 5.75 Å². The van der Waals surface area contributed by atoms with Crippen LogP contribution in [-0.2, 0) is 9.53 Å². The third-order valence-electron chi connectivity index (χ3n) is 4.69. The van der Waals surface area contributed by atoms with Crippen molar-refractivity contribution < 1.29 is 19.4 Å². The number of hydrogen-bond acceptors (Lipinski definition) is 5. The minimum atomic E-state index is -0.595. The number of aliphatic hydroxyl groups excluding tert-OH is 1. The van der Waals surface area contributed by atoms with E-state index in [0.29, 0.717) is 18.0 Å². The summed E-state index contributed by atoms with van der Waals surface area (Å²) in [6, 6.07) is 9.92. The molecule has 0 bridgehead atoms. The second kappa shape index (κ2) is 7.76. The van der Waals surface area contributed by atoms with Gasteiger partial charge in [-0.25, -0.2) is 9.79 Å². The summed E-state index contributed by atoms with van der Waals surface area (Å²) in [5.74, 6) is 0.0782. The number of aryl methyl sites for hydroxylation is 1. The Morgan fingerprint density at radius 3 is 2.50 bits per heavy atom. The van der Waals surface area contributed by atoms with Gasteiger partial charge in [0, 0.05) is 17.1 Å². The van der Waals surface area contributed by atoms with Crippen LogP contribution >= 0.6 is 0 Å². The van der Waals surface area contributed by atoms with Crippen molar-refractivity contribution in [1.82, 2.24) is 4.57 Å². The minimum absolute atomic E-state index is 0.106. The molecule has 0 saturated carbocycles. The number of rotatable bonds is 5. The Hall–Kier alpha value is -3.28. The van der Waals surface area contributed by atoms with Crippen molar-refractivity contribution in [3.05, 3.63) is 64.3 Å². The Balaban J connectivity index is 2.00. The first-order valence-corrected chi connectivity index (χ1v) is 9.08. The topological polar surface area (TPSA) is 73.1 Å². The van der Waals surface area contributed by atoms with E-state index in [1.807, 2.05) is 51.1 Å². The van der Waals surface area contributed by atoms with Crippen LogP contribution < -0.4 is 4.74 Å². The number of esters is 1. The number of aliphatic hydroxyl groups is 1. The molecule has 0 saturated heterocycles. The largest absolute Gasteiger partial charge is 0.505 e. The van der Waals surface area contributed by atoms with Crippen LogP contribution in [0.25, 0.3) is 11.8 Å². The average molecular weight is 380 g/mol. The molecule has 28 heavy (non-hydrogen) atoms. The summed E-state index contributed by atoms with van der Waals surface area (Å²) in [6.45, 7) is 8.28. The molecule has 2 aromatic rings. The predicted octanol–water partition coefficient (Wildman–Crippen LogP) is 4.29. The van der Waals surface area contributed by atoms with E-state index in [-0.39, 0.29) is 11.3 Å². The number of aliphatic imine (C=N–C) groups is 1. The first-order chi connectivity index (χ1) is 13.4. The Morgan fingerprint density at radius 1 is 1.21 bits per heavy atom. The fraction of sp³-hybridized carbons (Fsp3) is 0.273. The molecule has 0 aliphatic carbocycles. The van der Waals surface area contributed by atoms with Crippen molar-refractivity contribution in [3.63, 3.8) is 0 Å². The predicted molar refractivity (Wildman–Crippen MR) is 109 cm³/mol. The van der Waals surface area contributed by atoms with Gasteiger partial charge in [-0.3, -0.25) is 0 Å². The molecule has 0 atom stereocenters. The summed E-state index contributed by atoms with van der Waals surface area (Å²) in [7, 11) is 1.28. The van der Waals surface area contributed by atoms with Crippen molar-refractivity contribution in [2.45, 2.75) is 27.7 Å². The van der Waals surface area contributed by atoms with Crippen LogP contribution in [-0.4, -0.2) is 35.1 Å². The van der Waals surface area contributed by atoms with Crippen LogP contribution in [0.3, 0.4) is 0 Å². The highest BCUT2D eigenvalue weighted by molar-refractivity contribution is 6.22. The van der Waals surface area contributed by atoms with Crippen LogP contribution in [0.4, 0.5) is 0 Å². The highest BCUT2D eigenvalue weighted by atomic mass is 16.5. The van der Waals surface area contributed by atoms with Gasteiger partial charge in [0.25, 0.3) is 0 Å². The average Bonchev–Trinajstić information content (AvgIpc) is 3.11. The first kappa shape index (κ1) is 19.5. The van der Waals surface area contributed by atoms with E-state index in [4.69, 9.17) is 9.47 Å². The quantitative estimate of drug-likeness (QED) is 0.785. The maximum atomic E-state index is 11.9. The van der Waals surface area contributed by atoms with E-state index in [1.54, 1.807) is 13.0 Å². The fourth-order valence-corrected chi connectivity index (χ4v) is 3.37. The molecule has 0 amide bonds. The molecule has 6 nitrogen and oxygen atoms in total. The van der Waals surface area contributed by atoms with E-state index >= 15 is 0 Å². The molecular formula is C22H24N2O4. The number of nitrogens with zero attached hydrogens (tertiary/aromatic N) is 2. The molecule has 1 N–H and O–H groups in total. The lowest BCUT2D eigenvalue weighted by Gasteiger charge is -2.11. The van der Waals surface area contributed by atoms with Gasteiger partial charge < -0.3 is 19.1 Å². The zero-order valence-corrected chi connectivity index (χ0v) is 16.7. The number of aromatic nitrogens is 1. The maximum absolute atomic E-state index is 11.9. The minimum Gasteiger partial charge on any atom is -0.505 e. The van der Waals surface area contributed by atoms with Crippen molar-refractivity contribution in [3.8, 4) is 11.4 Å². The number of ether oxygens (including phenoxy) is 2. The van der Waals surface area contributed by atoms with Gasteiger partial charge in [0.05, 0.1) is 19.4 Å². The van der Waals surface area contributed by atoms with Crippen LogP contribution in [0.2, 0.25) is 0 Å². The number of hydrogen-bond donors (Lipinski definition) is 1. The summed E-state index contributed by atoms with van der Waals surface area (Å²) < 4.78 is 12.4. The van der Waals surface area contributed by atoms with E-state index in [1.165, 1.54) is 7.11 Å². The molecule has 1 aromatic carbocycles. The lowest BCUT2D eigenvalue weighted by molar-refractivity contribution is -0.135. The number of benzene rings is 1. The number of methoxy groups -OCH3 is 1. The summed E-state index contributed by atoms with van der Waals surface area (Å²) in [5, 5.41) is 10.4. The van der Waals surface area contributed by atoms with Crippen molar-refractivity contribution in [2.24, 2.45) is 4.99 Å². The zero-order valence-electron chi connectivity index (χ0n) is 16.7. The van der Waals surface area contributed by atoms with Crippen molar-refractivity contribution in [1.29, 1.82) is 0 Å². The van der Waals surface area contributed by atoms with E-state index in [0.717, 1.165) is 28.4 Å². The molecule has 2 heterocycles. The van der Waals surface area contributed by atoms with Gasteiger partial charge in [-0.15, -0.1) is 0 Å². The fourth-order valence-electron chi connectivity index (χ4n) is 3.37. The van der Waals surface area contributed by atoms with Gasteiger partial charge in [0.1, 0.15) is 17.0 Å². The summed E-state index contributed by atoms with van der Waals surface area (Å²) in [5.41, 5.74) is 4.87. The molecular weight excluding hydrogens is 356 g/mol. The second-order valence-electron chi connectivity index (χ2n) is 6.53. The lowest BCUT2D eigenvalue weighted by Crippen LogP contribution is -2.11.